The molecule has 0 amide bonds. The van der Waals surface area contributed by atoms with Gasteiger partial charge in [-0.05, 0) is 18.2 Å². The Kier molecular flexibility index (Phi) is 2.55. The van der Waals surface area contributed by atoms with Crippen molar-refractivity contribution in [1.82, 2.24) is 4.98 Å². The molecule has 0 aliphatic rings. The van der Waals surface area contributed by atoms with E-state index in [1.807, 2.05) is 0 Å². The van der Waals surface area contributed by atoms with Crippen LogP contribution in [0.2, 0.25) is 0 Å². The zero-order valence-corrected chi connectivity index (χ0v) is 6.08. The van der Waals surface area contributed by atoms with Crippen LogP contribution >= 0.6 is 0 Å². The molecule has 1 aromatic heterocycles. The summed E-state index contributed by atoms with van der Waals surface area (Å²) in [5, 5.41) is 0. The van der Waals surface area contributed by atoms with Crippen molar-refractivity contribution in [2.24, 2.45) is 0 Å². The van der Waals surface area contributed by atoms with E-state index in [4.69, 9.17) is 0 Å². The number of hydrogen-bond acceptors (Lipinski definition) is 2. The minimum atomic E-state index is 0.00750. The summed E-state index contributed by atoms with van der Waals surface area (Å²) in [7, 11) is 0. The Balaban J connectivity index is 2.77. The molecular formula is C9H8NO. The first-order chi connectivity index (χ1) is 5.34. The SMILES string of the molecule is C=[C]CC(=O)c1cccnc1. The molecule has 0 saturated carbocycles. The zero-order chi connectivity index (χ0) is 8.10. The number of hydrogen-bond donors (Lipinski definition) is 0. The zero-order valence-electron chi connectivity index (χ0n) is 6.08. The molecular weight excluding hydrogens is 138 g/mol. The average molecular weight is 146 g/mol. The van der Waals surface area contributed by atoms with E-state index in [1.54, 1.807) is 24.5 Å². The Labute approximate surface area is 65.6 Å². The molecule has 55 valence electrons. The Bertz CT molecular complexity index is 254. The van der Waals surface area contributed by atoms with Gasteiger partial charge >= 0.3 is 0 Å². The van der Waals surface area contributed by atoms with E-state index >= 15 is 0 Å². The predicted molar refractivity (Wildman–Crippen MR) is 42.1 cm³/mol. The van der Waals surface area contributed by atoms with Gasteiger partial charge in [-0.25, -0.2) is 0 Å². The third-order valence-electron chi connectivity index (χ3n) is 1.27. The summed E-state index contributed by atoms with van der Waals surface area (Å²) in [6.45, 7) is 3.36. The maximum atomic E-state index is 11.1. The second kappa shape index (κ2) is 3.66. The lowest BCUT2D eigenvalue weighted by Gasteiger charge is -1.93. The minimum absolute atomic E-state index is 0.00750. The molecule has 11 heavy (non-hydrogen) atoms. The summed E-state index contributed by atoms with van der Waals surface area (Å²) in [6, 6.07) is 3.46. The van der Waals surface area contributed by atoms with Gasteiger partial charge in [0, 0.05) is 24.4 Å². The first-order valence-electron chi connectivity index (χ1n) is 3.28. The normalized spacial score (nSPS) is 9.09. The van der Waals surface area contributed by atoms with Gasteiger partial charge in [0.1, 0.15) is 0 Å². The number of aromatic nitrogens is 1. The molecule has 0 aliphatic heterocycles. The molecule has 0 aromatic carbocycles. The molecule has 0 aliphatic carbocycles. The molecule has 1 radical (unpaired) electrons. The van der Waals surface area contributed by atoms with Gasteiger partial charge in [0.15, 0.2) is 5.78 Å². The van der Waals surface area contributed by atoms with Crippen LogP contribution in [-0.2, 0) is 0 Å². The number of carbonyl (C=O) groups excluding carboxylic acids is 1. The van der Waals surface area contributed by atoms with Crippen LogP contribution in [-0.4, -0.2) is 10.8 Å². The van der Waals surface area contributed by atoms with Crippen molar-refractivity contribution in [3.05, 3.63) is 42.7 Å². The van der Waals surface area contributed by atoms with Gasteiger partial charge in [0.2, 0.25) is 0 Å². The highest BCUT2D eigenvalue weighted by Gasteiger charge is 2.01. The topological polar surface area (TPSA) is 30.0 Å². The summed E-state index contributed by atoms with van der Waals surface area (Å²) < 4.78 is 0. The van der Waals surface area contributed by atoms with Crippen LogP contribution in [0, 0.1) is 6.08 Å². The Morgan fingerprint density at radius 2 is 2.55 bits per heavy atom. The van der Waals surface area contributed by atoms with Crippen LogP contribution in [0.25, 0.3) is 0 Å². The van der Waals surface area contributed by atoms with E-state index in [0.717, 1.165) is 0 Å². The van der Waals surface area contributed by atoms with E-state index < -0.39 is 0 Å². The summed E-state index contributed by atoms with van der Waals surface area (Å²) in [6.07, 6.45) is 5.97. The fourth-order valence-electron chi connectivity index (χ4n) is 0.743. The number of pyridine rings is 1. The maximum Gasteiger partial charge on any atom is 0.168 e. The number of ketones is 1. The number of Topliss-reactive ketones (excluding diaryl/α,β-unsaturated/α-hetero) is 1. The molecule has 0 unspecified atom stereocenters. The second-order valence-electron chi connectivity index (χ2n) is 2.09. The van der Waals surface area contributed by atoms with Gasteiger partial charge in [-0.2, -0.15) is 0 Å². The number of nitrogens with zero attached hydrogens (tertiary/aromatic N) is 1. The number of allylic oxidation sites excluding steroid dienone is 1. The summed E-state index contributed by atoms with van der Waals surface area (Å²) >= 11 is 0. The summed E-state index contributed by atoms with van der Waals surface area (Å²) in [5.41, 5.74) is 0.614. The predicted octanol–water partition coefficient (Wildman–Crippen LogP) is 1.64. The van der Waals surface area contributed by atoms with Crippen molar-refractivity contribution in [2.75, 3.05) is 0 Å². The van der Waals surface area contributed by atoms with E-state index in [2.05, 4.69) is 17.6 Å². The van der Waals surface area contributed by atoms with Crippen LogP contribution in [0.1, 0.15) is 16.8 Å². The third-order valence-corrected chi connectivity index (χ3v) is 1.27. The quantitative estimate of drug-likeness (QED) is 0.607. The van der Waals surface area contributed by atoms with Crippen LogP contribution in [0.5, 0.6) is 0 Å². The van der Waals surface area contributed by atoms with Crippen LogP contribution in [0.4, 0.5) is 0 Å². The first-order valence-corrected chi connectivity index (χ1v) is 3.28. The lowest BCUT2D eigenvalue weighted by Crippen LogP contribution is -1.96. The highest BCUT2D eigenvalue weighted by atomic mass is 16.1. The second-order valence-corrected chi connectivity index (χ2v) is 2.09. The monoisotopic (exact) mass is 146 g/mol. The van der Waals surface area contributed by atoms with Crippen molar-refractivity contribution >= 4 is 5.78 Å². The van der Waals surface area contributed by atoms with Crippen molar-refractivity contribution in [3.63, 3.8) is 0 Å². The molecule has 0 N–H and O–H groups in total. The van der Waals surface area contributed by atoms with Crippen molar-refractivity contribution in [1.29, 1.82) is 0 Å². The molecule has 1 heterocycles. The third kappa shape index (κ3) is 2.00. The fraction of sp³-hybridized carbons (Fsp3) is 0.111. The maximum absolute atomic E-state index is 11.1. The standard InChI is InChI=1S/C9H8NO/c1-2-4-9(11)8-5-3-6-10-7-8/h3,5-7H,1,4H2. The highest BCUT2D eigenvalue weighted by molar-refractivity contribution is 5.96. The van der Waals surface area contributed by atoms with Crippen molar-refractivity contribution in [2.45, 2.75) is 6.42 Å². The van der Waals surface area contributed by atoms with Gasteiger partial charge < -0.3 is 0 Å². The van der Waals surface area contributed by atoms with Gasteiger partial charge in [-0.1, -0.05) is 6.58 Å². The molecule has 1 rings (SSSR count). The van der Waals surface area contributed by atoms with E-state index in [9.17, 15) is 4.79 Å². The number of rotatable bonds is 3. The van der Waals surface area contributed by atoms with Gasteiger partial charge in [-0.15, -0.1) is 0 Å². The minimum Gasteiger partial charge on any atom is -0.294 e. The molecule has 0 fully saturated rings. The fourth-order valence-corrected chi connectivity index (χ4v) is 0.743. The van der Waals surface area contributed by atoms with Gasteiger partial charge in [0.05, 0.1) is 0 Å². The molecule has 2 nitrogen and oxygen atoms in total. The highest BCUT2D eigenvalue weighted by Crippen LogP contribution is 1.99. The largest absolute Gasteiger partial charge is 0.294 e. The Morgan fingerprint density at radius 1 is 1.73 bits per heavy atom. The van der Waals surface area contributed by atoms with Crippen LogP contribution in [0.3, 0.4) is 0 Å². The van der Waals surface area contributed by atoms with Crippen LogP contribution < -0.4 is 0 Å². The van der Waals surface area contributed by atoms with E-state index in [0.29, 0.717) is 5.56 Å². The van der Waals surface area contributed by atoms with Crippen molar-refractivity contribution in [3.8, 4) is 0 Å². The smallest absolute Gasteiger partial charge is 0.168 e. The lowest BCUT2D eigenvalue weighted by atomic mass is 10.1. The first kappa shape index (κ1) is 7.66. The molecule has 2 heteroatoms. The van der Waals surface area contributed by atoms with E-state index in [1.165, 1.54) is 0 Å². The molecule has 0 atom stereocenters. The molecule has 0 saturated heterocycles. The van der Waals surface area contributed by atoms with Gasteiger partial charge in [-0.3, -0.25) is 9.78 Å². The summed E-state index contributed by atoms with van der Waals surface area (Å²) in [5.74, 6) is 0.00750. The van der Waals surface area contributed by atoms with Crippen molar-refractivity contribution < 1.29 is 4.79 Å². The molecule has 0 bridgehead atoms. The Hall–Kier alpha value is -1.44. The summed E-state index contributed by atoms with van der Waals surface area (Å²) in [4.78, 5) is 14.9. The molecule has 1 aromatic rings. The van der Waals surface area contributed by atoms with Gasteiger partial charge in [0.25, 0.3) is 0 Å². The lowest BCUT2D eigenvalue weighted by molar-refractivity contribution is 0.0994. The number of carbonyl (C=O) groups is 1. The van der Waals surface area contributed by atoms with Crippen LogP contribution in [0.15, 0.2) is 31.1 Å². The Morgan fingerprint density at radius 3 is 3.09 bits per heavy atom. The van der Waals surface area contributed by atoms with E-state index in [-0.39, 0.29) is 12.2 Å². The molecule has 0 spiro atoms. The average Bonchev–Trinajstić information content (AvgIpc) is 2.07.